The molecule has 0 atom stereocenters. The number of nitro benzene ring substituents is 1. The van der Waals surface area contributed by atoms with Gasteiger partial charge >= 0.3 is 5.97 Å². The number of aryl methyl sites for hydroxylation is 1. The summed E-state index contributed by atoms with van der Waals surface area (Å²) in [4.78, 5) is 21.3. The summed E-state index contributed by atoms with van der Waals surface area (Å²) in [5.41, 5.74) is 0.0510. The minimum absolute atomic E-state index is 0.0548. The van der Waals surface area contributed by atoms with Crippen LogP contribution in [0.5, 0.6) is 0 Å². The summed E-state index contributed by atoms with van der Waals surface area (Å²) in [5, 5.41) is 23.8. The van der Waals surface area contributed by atoms with E-state index in [0.29, 0.717) is 5.69 Å². The lowest BCUT2D eigenvalue weighted by Gasteiger charge is -2.07. The molecule has 1 heterocycles. The van der Waals surface area contributed by atoms with E-state index in [1.807, 2.05) is 0 Å². The van der Waals surface area contributed by atoms with Crippen LogP contribution in [0, 0.1) is 17.0 Å². The predicted octanol–water partition coefficient (Wildman–Crippen LogP) is 2.44. The Morgan fingerprint density at radius 3 is 2.74 bits per heavy atom. The quantitative estimate of drug-likeness (QED) is 0.688. The smallest absolute Gasteiger partial charge is 0.356 e. The highest BCUT2D eigenvalue weighted by atomic mass is 35.5. The van der Waals surface area contributed by atoms with E-state index >= 15 is 0 Å². The molecule has 2 rings (SSSR count). The van der Waals surface area contributed by atoms with Gasteiger partial charge in [0.15, 0.2) is 11.4 Å². The lowest BCUT2D eigenvalue weighted by atomic mass is 10.2. The normalized spacial score (nSPS) is 10.4. The van der Waals surface area contributed by atoms with Gasteiger partial charge in [0, 0.05) is 11.8 Å². The zero-order valence-corrected chi connectivity index (χ0v) is 10.5. The van der Waals surface area contributed by atoms with Crippen molar-refractivity contribution in [2.75, 3.05) is 0 Å². The van der Waals surface area contributed by atoms with Gasteiger partial charge in [-0.2, -0.15) is 5.10 Å². The summed E-state index contributed by atoms with van der Waals surface area (Å²) in [5.74, 6) is -1.21. The molecule has 1 N–H and O–H groups in total. The fourth-order valence-corrected chi connectivity index (χ4v) is 1.92. The molecule has 7 nitrogen and oxygen atoms in total. The molecule has 2 aromatic rings. The fraction of sp³-hybridized carbons (Fsp3) is 0.0909. The largest absolute Gasteiger partial charge is 0.476 e. The van der Waals surface area contributed by atoms with Gasteiger partial charge in [-0.05, 0) is 19.1 Å². The Hall–Kier alpha value is -2.41. The molecule has 8 heteroatoms. The molecule has 0 saturated carbocycles. The van der Waals surface area contributed by atoms with Crippen molar-refractivity contribution < 1.29 is 14.8 Å². The number of carboxylic acid groups (broad SMARTS) is 1. The molecule has 1 aromatic heterocycles. The monoisotopic (exact) mass is 281 g/mol. The maximum absolute atomic E-state index is 11.0. The second-order valence-corrected chi connectivity index (χ2v) is 4.16. The van der Waals surface area contributed by atoms with Gasteiger partial charge in [0.05, 0.1) is 9.95 Å². The minimum atomic E-state index is -1.21. The van der Waals surface area contributed by atoms with Gasteiger partial charge in [-0.1, -0.05) is 17.7 Å². The van der Waals surface area contributed by atoms with Crippen molar-refractivity contribution in [1.82, 2.24) is 9.78 Å². The topological polar surface area (TPSA) is 98.3 Å². The molecule has 19 heavy (non-hydrogen) atoms. The molecule has 0 aliphatic rings. The van der Waals surface area contributed by atoms with Crippen LogP contribution < -0.4 is 0 Å². The number of hydrogen-bond acceptors (Lipinski definition) is 4. The third-order valence-electron chi connectivity index (χ3n) is 2.48. The number of hydrogen-bond donors (Lipinski definition) is 1. The Labute approximate surface area is 112 Å². The van der Waals surface area contributed by atoms with Gasteiger partial charge in [0.1, 0.15) is 0 Å². The van der Waals surface area contributed by atoms with Crippen LogP contribution in [0.15, 0.2) is 24.3 Å². The maximum atomic E-state index is 11.0. The highest BCUT2D eigenvalue weighted by Crippen LogP contribution is 2.30. The van der Waals surface area contributed by atoms with Crippen LogP contribution >= 0.6 is 11.6 Å². The first-order chi connectivity index (χ1) is 8.91. The SMILES string of the molecule is Cc1cc(C(=O)O)nn1-c1c(Cl)cccc1[N+](=O)[O-]. The first-order valence-electron chi connectivity index (χ1n) is 5.15. The van der Waals surface area contributed by atoms with E-state index in [9.17, 15) is 14.9 Å². The summed E-state index contributed by atoms with van der Waals surface area (Å²) < 4.78 is 1.16. The van der Waals surface area contributed by atoms with E-state index in [4.69, 9.17) is 16.7 Å². The van der Waals surface area contributed by atoms with Gasteiger partial charge < -0.3 is 5.11 Å². The standard InChI is InChI=1S/C11H8ClN3O4/c1-6-5-8(11(16)17)13-14(6)10-7(12)3-2-4-9(10)15(18)19/h2-5H,1H3,(H,16,17). The number of aromatic carboxylic acids is 1. The number of carbonyl (C=O) groups is 1. The number of halogens is 1. The number of benzene rings is 1. The molecular weight excluding hydrogens is 274 g/mol. The summed E-state index contributed by atoms with van der Waals surface area (Å²) in [6.45, 7) is 1.59. The van der Waals surface area contributed by atoms with Gasteiger partial charge in [-0.25, -0.2) is 9.48 Å². The molecule has 1 aromatic carbocycles. The van der Waals surface area contributed by atoms with Gasteiger partial charge in [0.25, 0.3) is 5.69 Å². The average molecular weight is 282 g/mol. The summed E-state index contributed by atoms with van der Waals surface area (Å²) in [7, 11) is 0. The number of para-hydroxylation sites is 1. The molecule has 0 radical (unpaired) electrons. The van der Waals surface area contributed by atoms with E-state index < -0.39 is 10.9 Å². The van der Waals surface area contributed by atoms with Crippen molar-refractivity contribution in [2.45, 2.75) is 6.92 Å². The molecule has 0 aliphatic heterocycles. The first kappa shape index (κ1) is 13.0. The van der Waals surface area contributed by atoms with Crippen molar-refractivity contribution in [3.8, 4) is 5.69 Å². The molecule has 0 aliphatic carbocycles. The number of nitrogens with zero attached hydrogens (tertiary/aromatic N) is 3. The maximum Gasteiger partial charge on any atom is 0.356 e. The average Bonchev–Trinajstić information content (AvgIpc) is 2.71. The number of nitro groups is 1. The number of rotatable bonds is 3. The van der Waals surface area contributed by atoms with Gasteiger partial charge in [-0.3, -0.25) is 10.1 Å². The van der Waals surface area contributed by atoms with Crippen LogP contribution in [-0.4, -0.2) is 25.8 Å². The first-order valence-corrected chi connectivity index (χ1v) is 5.53. The zero-order valence-electron chi connectivity index (χ0n) is 9.70. The highest BCUT2D eigenvalue weighted by Gasteiger charge is 2.22. The summed E-state index contributed by atoms with van der Waals surface area (Å²) in [6.07, 6.45) is 0. The Morgan fingerprint density at radius 2 is 2.21 bits per heavy atom. The van der Waals surface area contributed by atoms with Gasteiger partial charge in [-0.15, -0.1) is 0 Å². The van der Waals surface area contributed by atoms with E-state index in [1.54, 1.807) is 6.92 Å². The summed E-state index contributed by atoms with van der Waals surface area (Å²) in [6, 6.07) is 5.52. The molecular formula is C11H8ClN3O4. The van der Waals surface area contributed by atoms with Crippen molar-refractivity contribution in [1.29, 1.82) is 0 Å². The van der Waals surface area contributed by atoms with Crippen molar-refractivity contribution in [3.63, 3.8) is 0 Å². The molecule has 0 fully saturated rings. The number of carboxylic acids is 1. The molecule has 0 unspecified atom stereocenters. The van der Waals surface area contributed by atoms with E-state index in [-0.39, 0.29) is 22.1 Å². The lowest BCUT2D eigenvalue weighted by molar-refractivity contribution is -0.384. The molecule has 0 amide bonds. The Morgan fingerprint density at radius 1 is 1.53 bits per heavy atom. The van der Waals surface area contributed by atoms with Crippen LogP contribution in [-0.2, 0) is 0 Å². The van der Waals surface area contributed by atoms with Crippen molar-refractivity contribution in [2.24, 2.45) is 0 Å². The lowest BCUT2D eigenvalue weighted by Crippen LogP contribution is -2.06. The third-order valence-corrected chi connectivity index (χ3v) is 2.79. The minimum Gasteiger partial charge on any atom is -0.476 e. The second-order valence-electron chi connectivity index (χ2n) is 3.75. The van der Waals surface area contributed by atoms with Crippen LogP contribution in [0.1, 0.15) is 16.2 Å². The second kappa shape index (κ2) is 4.69. The molecule has 0 spiro atoms. The van der Waals surface area contributed by atoms with E-state index in [0.717, 1.165) is 4.68 Å². The number of aromatic nitrogens is 2. The van der Waals surface area contributed by atoms with Crippen LogP contribution in [0.25, 0.3) is 5.69 Å². The van der Waals surface area contributed by atoms with Crippen LogP contribution in [0.4, 0.5) is 5.69 Å². The Bertz CT molecular complexity index is 681. The Balaban J connectivity index is 2.71. The molecule has 98 valence electrons. The van der Waals surface area contributed by atoms with E-state index in [1.165, 1.54) is 24.3 Å². The van der Waals surface area contributed by atoms with Gasteiger partial charge in [0.2, 0.25) is 0 Å². The van der Waals surface area contributed by atoms with E-state index in [2.05, 4.69) is 5.10 Å². The predicted molar refractivity (Wildman–Crippen MR) is 66.9 cm³/mol. The fourth-order valence-electron chi connectivity index (χ4n) is 1.67. The molecule has 0 bridgehead atoms. The van der Waals surface area contributed by atoms with Crippen LogP contribution in [0.3, 0.4) is 0 Å². The van der Waals surface area contributed by atoms with Crippen molar-refractivity contribution >= 4 is 23.3 Å². The third kappa shape index (κ3) is 2.27. The molecule has 0 saturated heterocycles. The van der Waals surface area contributed by atoms with Crippen molar-refractivity contribution in [3.05, 3.63) is 50.8 Å². The van der Waals surface area contributed by atoms with Crippen LogP contribution in [0.2, 0.25) is 5.02 Å². The Kier molecular flexibility index (Phi) is 3.22. The zero-order chi connectivity index (χ0) is 14.2. The summed E-state index contributed by atoms with van der Waals surface area (Å²) >= 11 is 5.96. The highest BCUT2D eigenvalue weighted by molar-refractivity contribution is 6.32.